The summed E-state index contributed by atoms with van der Waals surface area (Å²) in [7, 11) is 0. The fraction of sp³-hybridized carbons (Fsp3) is 0.192. The molecule has 1 atom stereocenters. The van der Waals surface area contributed by atoms with Gasteiger partial charge in [-0.2, -0.15) is 0 Å². The molecule has 31 heavy (non-hydrogen) atoms. The summed E-state index contributed by atoms with van der Waals surface area (Å²) in [5.41, 5.74) is 10.5. The number of amides is 1. The van der Waals surface area contributed by atoms with Crippen LogP contribution in [0.3, 0.4) is 0 Å². The molecular weight excluding hydrogens is 386 g/mol. The second-order valence-electron chi connectivity index (χ2n) is 7.59. The number of H-pyrrole nitrogens is 1. The molecule has 0 saturated carbocycles. The van der Waals surface area contributed by atoms with E-state index >= 15 is 0 Å². The smallest absolute Gasteiger partial charge is 0.237 e. The van der Waals surface area contributed by atoms with Crippen molar-refractivity contribution in [3.8, 4) is 5.75 Å². The molecule has 0 saturated heterocycles. The topological polar surface area (TPSA) is 80.1 Å². The van der Waals surface area contributed by atoms with E-state index in [1.54, 1.807) is 0 Å². The van der Waals surface area contributed by atoms with Crippen LogP contribution in [0.1, 0.15) is 16.7 Å². The van der Waals surface area contributed by atoms with Crippen LogP contribution in [0.4, 0.5) is 0 Å². The summed E-state index contributed by atoms with van der Waals surface area (Å²) in [6.45, 7) is 1.02. The minimum Gasteiger partial charge on any atom is -0.489 e. The first-order valence-corrected chi connectivity index (χ1v) is 10.5. The Labute approximate surface area is 182 Å². The van der Waals surface area contributed by atoms with Crippen LogP contribution >= 0.6 is 0 Å². The summed E-state index contributed by atoms with van der Waals surface area (Å²) < 4.78 is 6.00. The molecule has 0 spiro atoms. The molecule has 1 amide bonds. The molecule has 0 aliphatic rings. The van der Waals surface area contributed by atoms with Gasteiger partial charge in [0.1, 0.15) is 12.4 Å². The fourth-order valence-corrected chi connectivity index (χ4v) is 3.67. The van der Waals surface area contributed by atoms with Crippen molar-refractivity contribution >= 4 is 16.8 Å². The lowest BCUT2D eigenvalue weighted by Gasteiger charge is -2.14. The summed E-state index contributed by atoms with van der Waals surface area (Å²) in [5, 5.41) is 4.07. The molecule has 158 valence electrons. The number of aromatic amines is 1. The van der Waals surface area contributed by atoms with Gasteiger partial charge in [0.05, 0.1) is 6.04 Å². The highest BCUT2D eigenvalue weighted by Crippen LogP contribution is 2.20. The first-order valence-electron chi connectivity index (χ1n) is 10.5. The number of carbonyl (C=O) groups excluding carboxylic acids is 1. The lowest BCUT2D eigenvalue weighted by molar-refractivity contribution is -0.122. The van der Waals surface area contributed by atoms with E-state index in [0.29, 0.717) is 26.0 Å². The maximum atomic E-state index is 12.5. The molecule has 0 aliphatic heterocycles. The van der Waals surface area contributed by atoms with Gasteiger partial charge >= 0.3 is 0 Å². The van der Waals surface area contributed by atoms with Crippen molar-refractivity contribution in [1.29, 1.82) is 0 Å². The van der Waals surface area contributed by atoms with Crippen LogP contribution in [0.2, 0.25) is 0 Å². The summed E-state index contributed by atoms with van der Waals surface area (Å²) in [6, 6.07) is 25.4. The molecule has 0 bridgehead atoms. The molecule has 4 aromatic rings. The highest BCUT2D eigenvalue weighted by atomic mass is 16.5. The molecule has 4 N–H and O–H groups in total. The van der Waals surface area contributed by atoms with E-state index in [1.807, 2.05) is 85.1 Å². The molecule has 4 rings (SSSR count). The van der Waals surface area contributed by atoms with Gasteiger partial charge in [-0.05, 0) is 41.7 Å². The summed E-state index contributed by atoms with van der Waals surface area (Å²) in [5.74, 6) is 0.691. The third kappa shape index (κ3) is 5.32. The Balaban J connectivity index is 1.29. The Morgan fingerprint density at radius 2 is 1.68 bits per heavy atom. The maximum absolute atomic E-state index is 12.5. The van der Waals surface area contributed by atoms with E-state index in [2.05, 4.69) is 10.3 Å². The number of ether oxygens (including phenoxy) is 1. The largest absolute Gasteiger partial charge is 0.489 e. The minimum absolute atomic E-state index is 0.145. The normalized spacial score (nSPS) is 11.9. The van der Waals surface area contributed by atoms with E-state index in [1.165, 1.54) is 0 Å². The van der Waals surface area contributed by atoms with Crippen LogP contribution in [0.25, 0.3) is 10.9 Å². The van der Waals surface area contributed by atoms with E-state index in [4.69, 9.17) is 10.5 Å². The minimum atomic E-state index is -0.594. The van der Waals surface area contributed by atoms with Crippen molar-refractivity contribution in [3.05, 3.63) is 102 Å². The van der Waals surface area contributed by atoms with Gasteiger partial charge in [-0.25, -0.2) is 0 Å². The van der Waals surface area contributed by atoms with Crippen LogP contribution in [-0.2, 0) is 24.2 Å². The Bertz CT molecular complexity index is 1140. The van der Waals surface area contributed by atoms with Crippen molar-refractivity contribution in [2.75, 3.05) is 6.54 Å². The predicted octanol–water partition coefficient (Wildman–Crippen LogP) is 3.98. The van der Waals surface area contributed by atoms with E-state index in [9.17, 15) is 4.79 Å². The van der Waals surface area contributed by atoms with Crippen molar-refractivity contribution in [3.63, 3.8) is 0 Å². The average Bonchev–Trinajstić information content (AvgIpc) is 3.22. The molecule has 3 aromatic carbocycles. The van der Waals surface area contributed by atoms with Gasteiger partial charge in [0.2, 0.25) is 5.91 Å². The average molecular weight is 414 g/mol. The first kappa shape index (κ1) is 20.7. The van der Waals surface area contributed by atoms with Gasteiger partial charge in [0.15, 0.2) is 0 Å². The zero-order chi connectivity index (χ0) is 21.5. The number of carbonyl (C=O) groups is 1. The number of rotatable bonds is 9. The van der Waals surface area contributed by atoms with E-state index in [0.717, 1.165) is 33.3 Å². The van der Waals surface area contributed by atoms with Gasteiger partial charge in [0, 0.05) is 23.6 Å². The van der Waals surface area contributed by atoms with Crippen molar-refractivity contribution in [2.24, 2.45) is 5.73 Å². The number of nitrogens with one attached hydrogen (secondary N) is 2. The highest BCUT2D eigenvalue weighted by molar-refractivity contribution is 5.86. The number of fused-ring (bicyclic) bond motifs is 1. The maximum Gasteiger partial charge on any atom is 0.237 e. The molecule has 5 heteroatoms. The molecule has 1 aromatic heterocycles. The number of para-hydroxylation sites is 2. The SMILES string of the molecule is N[C@@H](Cc1c[nH]c2ccccc12)C(=O)NCCc1ccccc1OCc1ccccc1. The molecular formula is C26H27N3O2. The van der Waals surface area contributed by atoms with Gasteiger partial charge in [0.25, 0.3) is 0 Å². The van der Waals surface area contributed by atoms with Crippen LogP contribution in [0, 0.1) is 0 Å². The highest BCUT2D eigenvalue weighted by Gasteiger charge is 2.16. The lowest BCUT2D eigenvalue weighted by Crippen LogP contribution is -2.42. The Morgan fingerprint density at radius 1 is 0.935 bits per heavy atom. The second kappa shape index (κ2) is 9.96. The number of benzene rings is 3. The Kier molecular flexibility index (Phi) is 6.65. The van der Waals surface area contributed by atoms with Crippen LogP contribution in [-0.4, -0.2) is 23.5 Å². The number of nitrogens with two attached hydrogens (primary N) is 1. The fourth-order valence-electron chi connectivity index (χ4n) is 3.67. The summed E-state index contributed by atoms with van der Waals surface area (Å²) >= 11 is 0. The van der Waals surface area contributed by atoms with Gasteiger partial charge < -0.3 is 20.8 Å². The number of aromatic nitrogens is 1. The Morgan fingerprint density at radius 3 is 2.55 bits per heavy atom. The number of hydrogen-bond acceptors (Lipinski definition) is 3. The second-order valence-corrected chi connectivity index (χ2v) is 7.59. The molecule has 0 aliphatic carbocycles. The van der Waals surface area contributed by atoms with Crippen LogP contribution in [0.15, 0.2) is 85.1 Å². The van der Waals surface area contributed by atoms with Crippen molar-refractivity contribution in [1.82, 2.24) is 10.3 Å². The summed E-state index contributed by atoms with van der Waals surface area (Å²) in [6.07, 6.45) is 3.10. The lowest BCUT2D eigenvalue weighted by atomic mass is 10.0. The quantitative estimate of drug-likeness (QED) is 0.388. The monoisotopic (exact) mass is 413 g/mol. The van der Waals surface area contributed by atoms with E-state index in [-0.39, 0.29) is 5.91 Å². The van der Waals surface area contributed by atoms with Crippen molar-refractivity contribution in [2.45, 2.75) is 25.5 Å². The zero-order valence-corrected chi connectivity index (χ0v) is 17.4. The Hall–Kier alpha value is -3.57. The standard InChI is InChI=1S/C26H27N3O2/c27-23(16-21-17-29-24-12-6-5-11-22(21)24)26(30)28-15-14-20-10-4-7-13-25(20)31-18-19-8-2-1-3-9-19/h1-13,17,23,29H,14-16,18,27H2,(H,28,30)/t23-/m0/s1. The number of hydrogen-bond donors (Lipinski definition) is 3. The molecule has 1 heterocycles. The molecule has 0 unspecified atom stereocenters. The van der Waals surface area contributed by atoms with Gasteiger partial charge in [-0.3, -0.25) is 4.79 Å². The van der Waals surface area contributed by atoms with Crippen LogP contribution < -0.4 is 15.8 Å². The van der Waals surface area contributed by atoms with E-state index < -0.39 is 6.04 Å². The predicted molar refractivity (Wildman–Crippen MR) is 124 cm³/mol. The van der Waals surface area contributed by atoms with Crippen LogP contribution in [0.5, 0.6) is 5.75 Å². The van der Waals surface area contributed by atoms with Gasteiger partial charge in [-0.15, -0.1) is 0 Å². The molecule has 0 fully saturated rings. The molecule has 0 radical (unpaired) electrons. The zero-order valence-electron chi connectivity index (χ0n) is 17.4. The van der Waals surface area contributed by atoms with Gasteiger partial charge in [-0.1, -0.05) is 66.7 Å². The summed E-state index contributed by atoms with van der Waals surface area (Å²) in [4.78, 5) is 15.7. The third-order valence-electron chi connectivity index (χ3n) is 5.35. The molecule has 5 nitrogen and oxygen atoms in total. The van der Waals surface area contributed by atoms with Crippen molar-refractivity contribution < 1.29 is 9.53 Å². The third-order valence-corrected chi connectivity index (χ3v) is 5.35. The first-order chi connectivity index (χ1) is 15.2.